The van der Waals surface area contributed by atoms with Gasteiger partial charge in [0.05, 0.1) is 6.61 Å². The van der Waals surface area contributed by atoms with Crippen LogP contribution in [0.15, 0.2) is 34.9 Å². The van der Waals surface area contributed by atoms with Crippen LogP contribution in [0, 0.1) is 0 Å². The molecule has 7 heteroatoms. The molecule has 0 aliphatic carbocycles. The molecular formula is C20H28N4O3. The number of benzene rings is 1. The number of nitrogens with one attached hydrogen (secondary N) is 1. The number of carbonyl (C=O) groups is 1. The van der Waals surface area contributed by atoms with Gasteiger partial charge in [0.25, 0.3) is 5.91 Å². The SMILES string of the molecule is CCOc1ccc(-c2cc(C(=O)NC[C@H](C)N3CCN(C)CC3)no2)cc1. The molecule has 1 atom stereocenters. The molecule has 1 aromatic carbocycles. The van der Waals surface area contributed by atoms with E-state index in [0.29, 0.717) is 30.6 Å². The third-order valence-electron chi connectivity index (χ3n) is 4.91. The van der Waals surface area contributed by atoms with Crippen LogP contribution in [0.1, 0.15) is 24.3 Å². The van der Waals surface area contributed by atoms with Crippen LogP contribution in [-0.2, 0) is 0 Å². The van der Waals surface area contributed by atoms with Crippen molar-refractivity contribution in [2.45, 2.75) is 19.9 Å². The number of hydrogen-bond acceptors (Lipinski definition) is 6. The summed E-state index contributed by atoms with van der Waals surface area (Å²) in [6.45, 7) is 9.48. The van der Waals surface area contributed by atoms with Gasteiger partial charge in [0.1, 0.15) is 5.75 Å². The summed E-state index contributed by atoms with van der Waals surface area (Å²) in [5, 5.41) is 6.87. The minimum absolute atomic E-state index is 0.211. The molecule has 1 saturated heterocycles. The van der Waals surface area contributed by atoms with Gasteiger partial charge in [0.15, 0.2) is 11.5 Å². The lowest BCUT2D eigenvalue weighted by Gasteiger charge is -2.36. The van der Waals surface area contributed by atoms with E-state index in [1.807, 2.05) is 31.2 Å². The smallest absolute Gasteiger partial charge is 0.273 e. The van der Waals surface area contributed by atoms with Crippen LogP contribution in [0.4, 0.5) is 0 Å². The minimum Gasteiger partial charge on any atom is -0.494 e. The lowest BCUT2D eigenvalue weighted by molar-refractivity contribution is 0.0895. The molecule has 1 fully saturated rings. The quantitative estimate of drug-likeness (QED) is 0.803. The van der Waals surface area contributed by atoms with E-state index in [9.17, 15) is 4.79 Å². The van der Waals surface area contributed by atoms with Crippen molar-refractivity contribution in [3.63, 3.8) is 0 Å². The minimum atomic E-state index is -0.211. The molecule has 0 radical (unpaired) electrons. The molecule has 3 rings (SSSR count). The Balaban J connectivity index is 1.53. The van der Waals surface area contributed by atoms with Crippen molar-refractivity contribution >= 4 is 5.91 Å². The highest BCUT2D eigenvalue weighted by atomic mass is 16.5. The van der Waals surface area contributed by atoms with E-state index in [1.165, 1.54) is 0 Å². The molecule has 1 aliphatic rings. The van der Waals surface area contributed by atoms with E-state index in [0.717, 1.165) is 37.5 Å². The van der Waals surface area contributed by atoms with Crippen LogP contribution >= 0.6 is 0 Å². The molecule has 2 heterocycles. The maximum absolute atomic E-state index is 12.4. The normalized spacial score (nSPS) is 16.9. The number of carbonyl (C=O) groups excluding carboxylic acids is 1. The van der Waals surface area contributed by atoms with Gasteiger partial charge >= 0.3 is 0 Å². The predicted molar refractivity (Wildman–Crippen MR) is 104 cm³/mol. The molecule has 1 N–H and O–H groups in total. The number of ether oxygens (including phenoxy) is 1. The first-order valence-electron chi connectivity index (χ1n) is 9.47. The Morgan fingerprint density at radius 2 is 1.96 bits per heavy atom. The number of amides is 1. The summed E-state index contributed by atoms with van der Waals surface area (Å²) in [4.78, 5) is 17.1. The third-order valence-corrected chi connectivity index (χ3v) is 4.91. The standard InChI is InChI=1S/C20H28N4O3/c1-4-26-17-7-5-16(6-8-17)19-13-18(22-27-19)20(25)21-14-15(2)24-11-9-23(3)10-12-24/h5-8,13,15H,4,9-12,14H2,1-3H3,(H,21,25)/t15-/m0/s1. The maximum atomic E-state index is 12.4. The molecule has 1 aromatic heterocycles. The molecule has 0 unspecified atom stereocenters. The monoisotopic (exact) mass is 372 g/mol. The second-order valence-electron chi connectivity index (χ2n) is 6.93. The van der Waals surface area contributed by atoms with Crippen molar-refractivity contribution in [3.8, 4) is 17.1 Å². The Labute approximate surface area is 160 Å². The van der Waals surface area contributed by atoms with Crippen LogP contribution in [0.2, 0.25) is 0 Å². The number of nitrogens with zero attached hydrogens (tertiary/aromatic N) is 3. The molecule has 0 bridgehead atoms. The van der Waals surface area contributed by atoms with Crippen LogP contribution < -0.4 is 10.1 Å². The molecule has 146 valence electrons. The van der Waals surface area contributed by atoms with Crippen LogP contribution in [0.25, 0.3) is 11.3 Å². The first-order valence-corrected chi connectivity index (χ1v) is 9.47. The van der Waals surface area contributed by atoms with Gasteiger partial charge in [-0.1, -0.05) is 5.16 Å². The Bertz CT molecular complexity index is 736. The molecule has 2 aromatic rings. The second-order valence-corrected chi connectivity index (χ2v) is 6.93. The van der Waals surface area contributed by atoms with Gasteiger partial charge < -0.3 is 19.5 Å². The van der Waals surface area contributed by atoms with E-state index in [2.05, 4.69) is 34.2 Å². The van der Waals surface area contributed by atoms with Crippen molar-refractivity contribution in [2.24, 2.45) is 0 Å². The fourth-order valence-electron chi connectivity index (χ4n) is 3.12. The van der Waals surface area contributed by atoms with Gasteiger partial charge in [-0.15, -0.1) is 0 Å². The van der Waals surface area contributed by atoms with Crippen LogP contribution in [0.5, 0.6) is 5.75 Å². The van der Waals surface area contributed by atoms with Crippen LogP contribution in [0.3, 0.4) is 0 Å². The maximum Gasteiger partial charge on any atom is 0.273 e. The summed E-state index contributed by atoms with van der Waals surface area (Å²) in [6, 6.07) is 9.49. The molecule has 27 heavy (non-hydrogen) atoms. The van der Waals surface area contributed by atoms with E-state index in [4.69, 9.17) is 9.26 Å². The van der Waals surface area contributed by atoms with Gasteiger partial charge in [-0.2, -0.15) is 0 Å². The largest absolute Gasteiger partial charge is 0.494 e. The highest BCUT2D eigenvalue weighted by Gasteiger charge is 2.20. The van der Waals surface area contributed by atoms with Gasteiger partial charge in [-0.05, 0) is 45.2 Å². The molecule has 1 aliphatic heterocycles. The van der Waals surface area contributed by atoms with Gasteiger partial charge in [-0.3, -0.25) is 9.69 Å². The topological polar surface area (TPSA) is 70.8 Å². The Kier molecular flexibility index (Phi) is 6.47. The first kappa shape index (κ1) is 19.4. The number of rotatable bonds is 7. The van der Waals surface area contributed by atoms with E-state index < -0.39 is 0 Å². The zero-order valence-electron chi connectivity index (χ0n) is 16.3. The number of likely N-dealkylation sites (N-methyl/N-ethyl adjacent to an activating group) is 1. The van der Waals surface area contributed by atoms with E-state index >= 15 is 0 Å². The average Bonchev–Trinajstić information content (AvgIpc) is 3.17. The Hall–Kier alpha value is -2.38. The van der Waals surface area contributed by atoms with E-state index in [1.54, 1.807) is 6.07 Å². The summed E-state index contributed by atoms with van der Waals surface area (Å²) in [7, 11) is 2.14. The number of aromatic nitrogens is 1. The predicted octanol–water partition coefficient (Wildman–Crippen LogP) is 2.11. The molecule has 1 amide bonds. The third kappa shape index (κ3) is 5.08. The molecule has 7 nitrogen and oxygen atoms in total. The van der Waals surface area contributed by atoms with Crippen molar-refractivity contribution < 1.29 is 14.1 Å². The summed E-state index contributed by atoms with van der Waals surface area (Å²) >= 11 is 0. The number of hydrogen-bond donors (Lipinski definition) is 1. The highest BCUT2D eigenvalue weighted by Crippen LogP contribution is 2.23. The summed E-state index contributed by atoms with van der Waals surface area (Å²) in [6.07, 6.45) is 0. The van der Waals surface area contributed by atoms with Gasteiger partial charge in [0.2, 0.25) is 0 Å². The van der Waals surface area contributed by atoms with Gasteiger partial charge in [0, 0.05) is 50.4 Å². The highest BCUT2D eigenvalue weighted by molar-refractivity contribution is 5.93. The second kappa shape index (κ2) is 9.01. The Morgan fingerprint density at radius 1 is 1.26 bits per heavy atom. The van der Waals surface area contributed by atoms with E-state index in [-0.39, 0.29) is 5.91 Å². The van der Waals surface area contributed by atoms with Gasteiger partial charge in [-0.25, -0.2) is 0 Å². The zero-order valence-corrected chi connectivity index (χ0v) is 16.3. The fourth-order valence-corrected chi connectivity index (χ4v) is 3.12. The van der Waals surface area contributed by atoms with Crippen LogP contribution in [-0.4, -0.2) is 73.3 Å². The zero-order chi connectivity index (χ0) is 19.2. The summed E-state index contributed by atoms with van der Waals surface area (Å²) in [5.74, 6) is 1.16. The lowest BCUT2D eigenvalue weighted by Crippen LogP contribution is -2.51. The molecule has 0 spiro atoms. The Morgan fingerprint density at radius 3 is 2.63 bits per heavy atom. The molecular weight excluding hydrogens is 344 g/mol. The van der Waals surface area contributed by atoms with Crippen molar-refractivity contribution in [1.82, 2.24) is 20.3 Å². The number of piperazine rings is 1. The first-order chi connectivity index (χ1) is 13.1. The van der Waals surface area contributed by atoms with Crippen molar-refractivity contribution in [2.75, 3.05) is 46.4 Å². The molecule has 0 saturated carbocycles. The van der Waals surface area contributed by atoms with Crippen molar-refractivity contribution in [3.05, 3.63) is 36.0 Å². The average molecular weight is 372 g/mol. The van der Waals surface area contributed by atoms with Crippen molar-refractivity contribution in [1.29, 1.82) is 0 Å². The summed E-state index contributed by atoms with van der Waals surface area (Å²) < 4.78 is 10.8. The fraction of sp³-hybridized carbons (Fsp3) is 0.500. The lowest BCUT2D eigenvalue weighted by atomic mass is 10.1. The summed E-state index contributed by atoms with van der Waals surface area (Å²) in [5.41, 5.74) is 1.15.